The molecule has 2 fully saturated rings. The van der Waals surface area contributed by atoms with Crippen molar-refractivity contribution >= 4 is 17.3 Å². The molecule has 0 aromatic heterocycles. The predicted molar refractivity (Wildman–Crippen MR) is 80.1 cm³/mol. The molecule has 1 aromatic carbocycles. The Morgan fingerprint density at radius 1 is 1.25 bits per heavy atom. The van der Waals surface area contributed by atoms with Crippen LogP contribution in [0, 0.1) is 5.92 Å². The minimum atomic E-state index is 0.00800. The second-order valence-electron chi connectivity index (χ2n) is 5.65. The number of ether oxygens (including phenoxy) is 1. The fourth-order valence-corrected chi connectivity index (χ4v) is 2.92. The number of hydrogen-bond donors (Lipinski definition) is 1. The molecule has 0 bridgehead atoms. The second-order valence-corrected chi connectivity index (χ2v) is 5.65. The minimum absolute atomic E-state index is 0.00800. The molecule has 2 heterocycles. The summed E-state index contributed by atoms with van der Waals surface area (Å²) in [4.78, 5) is 14.5. The summed E-state index contributed by atoms with van der Waals surface area (Å²) in [5, 5.41) is 3.02. The minimum Gasteiger partial charge on any atom is -0.381 e. The van der Waals surface area contributed by atoms with Crippen molar-refractivity contribution in [3.05, 3.63) is 24.3 Å². The van der Waals surface area contributed by atoms with Gasteiger partial charge in [0.15, 0.2) is 0 Å². The highest BCUT2D eigenvalue weighted by atomic mass is 16.5. The third kappa shape index (κ3) is 3.12. The standard InChI is InChI=1S/C16H22N2O2/c19-16(13-7-10-20-12-13)17-14-5-4-6-15(11-14)18-8-2-1-3-9-18/h4-6,11,13H,1-3,7-10,12H2,(H,17,19). The first kappa shape index (κ1) is 13.4. The molecule has 3 rings (SSSR count). The van der Waals surface area contributed by atoms with Crippen LogP contribution in [0.5, 0.6) is 0 Å². The van der Waals surface area contributed by atoms with Gasteiger partial charge in [-0.15, -0.1) is 0 Å². The van der Waals surface area contributed by atoms with Crippen LogP contribution in [-0.2, 0) is 9.53 Å². The number of rotatable bonds is 3. The van der Waals surface area contributed by atoms with E-state index in [0.29, 0.717) is 13.2 Å². The van der Waals surface area contributed by atoms with Gasteiger partial charge in [-0.3, -0.25) is 4.79 Å². The second kappa shape index (κ2) is 6.27. The molecule has 20 heavy (non-hydrogen) atoms. The Morgan fingerprint density at radius 3 is 2.85 bits per heavy atom. The normalized spacial score (nSPS) is 22.8. The van der Waals surface area contributed by atoms with Gasteiger partial charge in [0.05, 0.1) is 12.5 Å². The quantitative estimate of drug-likeness (QED) is 0.921. The molecular formula is C16H22N2O2. The number of carbonyl (C=O) groups excluding carboxylic acids is 1. The van der Waals surface area contributed by atoms with E-state index >= 15 is 0 Å². The molecule has 4 heteroatoms. The first-order chi connectivity index (χ1) is 9.83. The van der Waals surface area contributed by atoms with Crippen LogP contribution >= 0.6 is 0 Å². The van der Waals surface area contributed by atoms with Crippen molar-refractivity contribution in [1.82, 2.24) is 0 Å². The molecular weight excluding hydrogens is 252 g/mol. The summed E-state index contributed by atoms with van der Waals surface area (Å²) >= 11 is 0. The van der Waals surface area contributed by atoms with E-state index in [-0.39, 0.29) is 11.8 Å². The number of nitrogens with zero attached hydrogens (tertiary/aromatic N) is 1. The van der Waals surface area contributed by atoms with Crippen LogP contribution < -0.4 is 10.2 Å². The Bertz CT molecular complexity index is 463. The van der Waals surface area contributed by atoms with E-state index in [2.05, 4.69) is 22.3 Å². The van der Waals surface area contributed by atoms with Crippen LogP contribution in [0.4, 0.5) is 11.4 Å². The van der Waals surface area contributed by atoms with Gasteiger partial charge >= 0.3 is 0 Å². The fourth-order valence-electron chi connectivity index (χ4n) is 2.92. The van der Waals surface area contributed by atoms with Crippen molar-refractivity contribution in [3.63, 3.8) is 0 Å². The summed E-state index contributed by atoms with van der Waals surface area (Å²) in [5.74, 6) is 0.0898. The lowest BCUT2D eigenvalue weighted by atomic mass is 10.1. The van der Waals surface area contributed by atoms with Crippen molar-refractivity contribution < 1.29 is 9.53 Å². The third-order valence-electron chi connectivity index (χ3n) is 4.14. The van der Waals surface area contributed by atoms with Gasteiger partial charge in [-0.25, -0.2) is 0 Å². The highest BCUT2D eigenvalue weighted by Gasteiger charge is 2.23. The zero-order valence-electron chi connectivity index (χ0n) is 11.8. The van der Waals surface area contributed by atoms with E-state index < -0.39 is 0 Å². The van der Waals surface area contributed by atoms with Gasteiger partial charge in [0, 0.05) is 31.1 Å². The molecule has 108 valence electrons. The molecule has 0 spiro atoms. The summed E-state index contributed by atoms with van der Waals surface area (Å²) < 4.78 is 5.27. The van der Waals surface area contributed by atoms with Crippen LogP contribution in [0.1, 0.15) is 25.7 Å². The fraction of sp³-hybridized carbons (Fsp3) is 0.562. The van der Waals surface area contributed by atoms with Gasteiger partial charge < -0.3 is 15.0 Å². The molecule has 2 aliphatic rings. The van der Waals surface area contributed by atoms with Gasteiger partial charge in [-0.2, -0.15) is 0 Å². The van der Waals surface area contributed by atoms with Gasteiger partial charge in [-0.05, 0) is 43.9 Å². The molecule has 1 aromatic rings. The predicted octanol–water partition coefficient (Wildman–Crippen LogP) is 2.65. The van der Waals surface area contributed by atoms with E-state index in [1.807, 2.05) is 12.1 Å². The van der Waals surface area contributed by atoms with E-state index in [1.54, 1.807) is 0 Å². The highest BCUT2D eigenvalue weighted by Crippen LogP contribution is 2.24. The third-order valence-corrected chi connectivity index (χ3v) is 4.14. The highest BCUT2D eigenvalue weighted by molar-refractivity contribution is 5.93. The average Bonchev–Trinajstić information content (AvgIpc) is 3.03. The zero-order valence-corrected chi connectivity index (χ0v) is 11.8. The van der Waals surface area contributed by atoms with Crippen molar-refractivity contribution in [2.24, 2.45) is 5.92 Å². The van der Waals surface area contributed by atoms with Crippen molar-refractivity contribution in [2.75, 3.05) is 36.5 Å². The molecule has 0 saturated carbocycles. The molecule has 4 nitrogen and oxygen atoms in total. The number of hydrogen-bond acceptors (Lipinski definition) is 3. The maximum atomic E-state index is 12.1. The van der Waals surface area contributed by atoms with E-state index in [1.165, 1.54) is 24.9 Å². The smallest absolute Gasteiger partial charge is 0.229 e. The maximum absolute atomic E-state index is 12.1. The van der Waals surface area contributed by atoms with Crippen molar-refractivity contribution in [3.8, 4) is 0 Å². The number of amides is 1. The molecule has 2 saturated heterocycles. The Balaban J connectivity index is 1.65. The summed E-state index contributed by atoms with van der Waals surface area (Å²) in [5.41, 5.74) is 2.11. The SMILES string of the molecule is O=C(Nc1cccc(N2CCCCC2)c1)C1CCOC1. The largest absolute Gasteiger partial charge is 0.381 e. The van der Waals surface area contributed by atoms with Crippen molar-refractivity contribution in [1.29, 1.82) is 0 Å². The lowest BCUT2D eigenvalue weighted by molar-refractivity contribution is -0.119. The topological polar surface area (TPSA) is 41.6 Å². The lowest BCUT2D eigenvalue weighted by Gasteiger charge is -2.29. The zero-order chi connectivity index (χ0) is 13.8. The van der Waals surface area contributed by atoms with E-state index in [0.717, 1.165) is 25.2 Å². The Hall–Kier alpha value is -1.55. The molecule has 2 aliphatic heterocycles. The number of nitrogens with one attached hydrogen (secondary N) is 1. The first-order valence-corrected chi connectivity index (χ1v) is 7.56. The van der Waals surface area contributed by atoms with Gasteiger partial charge in [0.2, 0.25) is 5.91 Å². The monoisotopic (exact) mass is 274 g/mol. The van der Waals surface area contributed by atoms with Gasteiger partial charge in [0.1, 0.15) is 0 Å². The lowest BCUT2D eigenvalue weighted by Crippen LogP contribution is -2.29. The average molecular weight is 274 g/mol. The number of carbonyl (C=O) groups is 1. The van der Waals surface area contributed by atoms with Crippen LogP contribution in [0.3, 0.4) is 0 Å². The van der Waals surface area contributed by atoms with Crippen molar-refractivity contribution in [2.45, 2.75) is 25.7 Å². The molecule has 1 N–H and O–H groups in total. The van der Waals surface area contributed by atoms with Gasteiger partial charge in [0.25, 0.3) is 0 Å². The molecule has 1 amide bonds. The Kier molecular flexibility index (Phi) is 4.21. The van der Waals surface area contributed by atoms with Crippen LogP contribution in [0.2, 0.25) is 0 Å². The summed E-state index contributed by atoms with van der Waals surface area (Å²) in [7, 11) is 0. The summed E-state index contributed by atoms with van der Waals surface area (Å²) in [6, 6.07) is 8.19. The van der Waals surface area contributed by atoms with Crippen LogP contribution in [0.25, 0.3) is 0 Å². The number of piperidine rings is 1. The molecule has 0 radical (unpaired) electrons. The maximum Gasteiger partial charge on any atom is 0.229 e. The Morgan fingerprint density at radius 2 is 2.10 bits per heavy atom. The summed E-state index contributed by atoms with van der Waals surface area (Å²) in [6.07, 6.45) is 4.68. The summed E-state index contributed by atoms with van der Waals surface area (Å²) in [6.45, 7) is 3.49. The Labute approximate surface area is 120 Å². The molecule has 1 unspecified atom stereocenters. The number of anilines is 2. The van der Waals surface area contributed by atoms with Crippen LogP contribution in [-0.4, -0.2) is 32.2 Å². The van der Waals surface area contributed by atoms with E-state index in [4.69, 9.17) is 4.74 Å². The number of benzene rings is 1. The van der Waals surface area contributed by atoms with Crippen LogP contribution in [0.15, 0.2) is 24.3 Å². The molecule has 0 aliphatic carbocycles. The molecule has 1 atom stereocenters. The van der Waals surface area contributed by atoms with Gasteiger partial charge in [-0.1, -0.05) is 6.07 Å². The first-order valence-electron chi connectivity index (χ1n) is 7.56. The van der Waals surface area contributed by atoms with E-state index in [9.17, 15) is 4.79 Å².